The average molecular weight is 354 g/mol. The van der Waals surface area contributed by atoms with Gasteiger partial charge in [-0.05, 0) is 90.6 Å². The number of halogens is 1. The van der Waals surface area contributed by atoms with Gasteiger partial charge in [-0.2, -0.15) is 0 Å². The third kappa shape index (κ3) is 4.34. The van der Waals surface area contributed by atoms with Crippen LogP contribution in [0.4, 0.5) is 4.39 Å². The van der Waals surface area contributed by atoms with E-state index in [-0.39, 0.29) is 12.4 Å². The minimum absolute atomic E-state index is 0.197. The number of allylic oxidation sites excluding steroid dienone is 2. The molecule has 0 heterocycles. The summed E-state index contributed by atoms with van der Waals surface area (Å²) in [5, 5.41) is 9.06. The topological polar surface area (TPSA) is 29.5 Å². The van der Waals surface area contributed by atoms with Crippen LogP contribution in [0.25, 0.3) is 11.1 Å². The van der Waals surface area contributed by atoms with Crippen LogP contribution in [-0.2, 0) is 6.42 Å². The Balaban J connectivity index is 2.02. The van der Waals surface area contributed by atoms with Gasteiger partial charge in [0.25, 0.3) is 0 Å². The zero-order valence-electron chi connectivity index (χ0n) is 15.4. The fourth-order valence-corrected chi connectivity index (χ4v) is 3.81. The molecule has 1 aliphatic rings. The zero-order valence-corrected chi connectivity index (χ0v) is 15.4. The van der Waals surface area contributed by atoms with Gasteiger partial charge in [-0.15, -0.1) is 0 Å². The largest absolute Gasteiger partial charge is 0.497 e. The highest BCUT2D eigenvalue weighted by Crippen LogP contribution is 2.39. The molecule has 1 N–H and O–H groups in total. The number of benzene rings is 2. The quantitative estimate of drug-likeness (QED) is 0.653. The lowest BCUT2D eigenvalue weighted by Crippen LogP contribution is -1.96. The minimum Gasteiger partial charge on any atom is -0.497 e. The van der Waals surface area contributed by atoms with Gasteiger partial charge in [-0.1, -0.05) is 24.6 Å². The SMILES string of the molecule is COc1ccc2c(c1)CCCC(c1ccc(F)cc1)=C2CCCCCO. The number of fused-ring (bicyclic) bond motifs is 1. The van der Waals surface area contributed by atoms with E-state index in [0.717, 1.165) is 56.3 Å². The van der Waals surface area contributed by atoms with Crippen molar-refractivity contribution in [1.82, 2.24) is 0 Å². The normalized spacial score (nSPS) is 14.1. The summed E-state index contributed by atoms with van der Waals surface area (Å²) in [6.45, 7) is 0.248. The van der Waals surface area contributed by atoms with E-state index < -0.39 is 0 Å². The number of aliphatic hydroxyl groups excluding tert-OH is 1. The van der Waals surface area contributed by atoms with Crippen LogP contribution in [0, 0.1) is 5.82 Å². The highest BCUT2D eigenvalue weighted by molar-refractivity contribution is 5.92. The summed E-state index contributed by atoms with van der Waals surface area (Å²) in [6, 6.07) is 13.2. The van der Waals surface area contributed by atoms with Gasteiger partial charge in [-0.3, -0.25) is 0 Å². The number of unbranched alkanes of at least 4 members (excludes halogenated alkanes) is 2. The minimum atomic E-state index is -0.197. The molecule has 0 atom stereocenters. The van der Waals surface area contributed by atoms with E-state index in [1.54, 1.807) is 19.2 Å². The Labute approximate surface area is 155 Å². The Hall–Kier alpha value is -2.13. The van der Waals surface area contributed by atoms with Crippen molar-refractivity contribution in [2.45, 2.75) is 44.9 Å². The van der Waals surface area contributed by atoms with Crippen LogP contribution in [0.1, 0.15) is 55.2 Å². The molecular formula is C23H27FO2. The number of hydrogen-bond donors (Lipinski definition) is 1. The zero-order chi connectivity index (χ0) is 18.4. The number of aryl methyl sites for hydroxylation is 1. The molecule has 0 bridgehead atoms. The fraction of sp³-hybridized carbons (Fsp3) is 0.391. The monoisotopic (exact) mass is 354 g/mol. The first-order valence-electron chi connectivity index (χ1n) is 9.49. The first-order valence-corrected chi connectivity index (χ1v) is 9.49. The maximum atomic E-state index is 13.4. The van der Waals surface area contributed by atoms with Crippen molar-refractivity contribution in [2.75, 3.05) is 13.7 Å². The van der Waals surface area contributed by atoms with Crippen LogP contribution in [0.3, 0.4) is 0 Å². The smallest absolute Gasteiger partial charge is 0.123 e. The predicted molar refractivity (Wildman–Crippen MR) is 105 cm³/mol. The van der Waals surface area contributed by atoms with Crippen LogP contribution in [0.15, 0.2) is 42.5 Å². The van der Waals surface area contributed by atoms with E-state index in [2.05, 4.69) is 12.1 Å². The molecule has 0 saturated heterocycles. The van der Waals surface area contributed by atoms with Gasteiger partial charge < -0.3 is 9.84 Å². The van der Waals surface area contributed by atoms with Crippen molar-refractivity contribution in [3.63, 3.8) is 0 Å². The molecule has 1 aliphatic carbocycles. The maximum Gasteiger partial charge on any atom is 0.123 e. The lowest BCUT2D eigenvalue weighted by atomic mass is 9.89. The predicted octanol–water partition coefficient (Wildman–Crippen LogP) is 5.63. The van der Waals surface area contributed by atoms with E-state index in [1.807, 2.05) is 18.2 Å². The van der Waals surface area contributed by atoms with Gasteiger partial charge in [0.05, 0.1) is 7.11 Å². The molecule has 0 aromatic heterocycles. The molecule has 0 spiro atoms. The number of aliphatic hydroxyl groups is 1. The molecule has 0 amide bonds. The summed E-state index contributed by atoms with van der Waals surface area (Å²) in [4.78, 5) is 0. The lowest BCUT2D eigenvalue weighted by Gasteiger charge is -2.17. The molecule has 0 fully saturated rings. The lowest BCUT2D eigenvalue weighted by molar-refractivity contribution is 0.283. The highest BCUT2D eigenvalue weighted by atomic mass is 19.1. The van der Waals surface area contributed by atoms with Crippen LogP contribution in [0.5, 0.6) is 5.75 Å². The van der Waals surface area contributed by atoms with Crippen molar-refractivity contribution < 1.29 is 14.2 Å². The number of rotatable bonds is 7. The molecule has 3 heteroatoms. The highest BCUT2D eigenvalue weighted by Gasteiger charge is 2.19. The Morgan fingerprint density at radius 2 is 1.81 bits per heavy atom. The van der Waals surface area contributed by atoms with E-state index >= 15 is 0 Å². The van der Waals surface area contributed by atoms with E-state index in [0.29, 0.717) is 0 Å². The van der Waals surface area contributed by atoms with E-state index in [9.17, 15) is 4.39 Å². The summed E-state index contributed by atoms with van der Waals surface area (Å²) in [5.74, 6) is 0.700. The maximum absolute atomic E-state index is 13.4. The molecular weight excluding hydrogens is 327 g/mol. The summed E-state index contributed by atoms with van der Waals surface area (Å²) < 4.78 is 18.8. The van der Waals surface area contributed by atoms with Gasteiger partial charge in [0.1, 0.15) is 11.6 Å². The second-order valence-corrected chi connectivity index (χ2v) is 6.87. The number of hydrogen-bond acceptors (Lipinski definition) is 2. The van der Waals surface area contributed by atoms with Gasteiger partial charge in [-0.25, -0.2) is 4.39 Å². The third-order valence-electron chi connectivity index (χ3n) is 5.15. The van der Waals surface area contributed by atoms with Crippen LogP contribution in [0.2, 0.25) is 0 Å². The Bertz CT molecular complexity index is 762. The van der Waals surface area contributed by atoms with Crippen molar-refractivity contribution >= 4 is 11.1 Å². The van der Waals surface area contributed by atoms with Gasteiger partial charge in [0.15, 0.2) is 0 Å². The molecule has 0 saturated carbocycles. The Morgan fingerprint density at radius 3 is 2.54 bits per heavy atom. The Kier molecular flexibility index (Phi) is 6.45. The van der Waals surface area contributed by atoms with Gasteiger partial charge >= 0.3 is 0 Å². The molecule has 0 unspecified atom stereocenters. The van der Waals surface area contributed by atoms with Gasteiger partial charge in [0, 0.05) is 6.61 Å². The molecule has 3 rings (SSSR count). The van der Waals surface area contributed by atoms with Crippen LogP contribution < -0.4 is 4.74 Å². The Morgan fingerprint density at radius 1 is 1.00 bits per heavy atom. The second-order valence-electron chi connectivity index (χ2n) is 6.87. The molecule has 2 aromatic rings. The van der Waals surface area contributed by atoms with Crippen molar-refractivity contribution in [3.05, 3.63) is 65.0 Å². The molecule has 2 nitrogen and oxygen atoms in total. The van der Waals surface area contributed by atoms with Crippen molar-refractivity contribution in [1.29, 1.82) is 0 Å². The van der Waals surface area contributed by atoms with E-state index in [4.69, 9.17) is 9.84 Å². The fourth-order valence-electron chi connectivity index (χ4n) is 3.81. The molecule has 0 aliphatic heterocycles. The third-order valence-corrected chi connectivity index (χ3v) is 5.15. The summed E-state index contributed by atoms with van der Waals surface area (Å²) >= 11 is 0. The first-order chi connectivity index (χ1) is 12.7. The number of ether oxygens (including phenoxy) is 1. The summed E-state index contributed by atoms with van der Waals surface area (Å²) in [5.41, 5.74) is 6.44. The average Bonchev–Trinajstić information content (AvgIpc) is 2.84. The number of methoxy groups -OCH3 is 1. The molecule has 26 heavy (non-hydrogen) atoms. The van der Waals surface area contributed by atoms with Crippen molar-refractivity contribution in [2.24, 2.45) is 0 Å². The van der Waals surface area contributed by atoms with E-state index in [1.165, 1.54) is 22.3 Å². The summed E-state index contributed by atoms with van der Waals surface area (Å²) in [6.07, 6.45) is 6.98. The second kappa shape index (κ2) is 9.00. The summed E-state index contributed by atoms with van der Waals surface area (Å²) in [7, 11) is 1.70. The first kappa shape index (κ1) is 18.7. The standard InChI is InChI=1S/C23H27FO2/c1-26-20-13-14-22-18(16-20)6-5-8-21(17-9-11-19(24)12-10-17)23(22)7-3-2-4-15-25/h9-14,16,25H,2-8,15H2,1H3. The van der Waals surface area contributed by atoms with Crippen molar-refractivity contribution in [3.8, 4) is 5.75 Å². The van der Waals surface area contributed by atoms with Crippen LogP contribution in [-0.4, -0.2) is 18.8 Å². The molecule has 138 valence electrons. The molecule has 0 radical (unpaired) electrons. The molecule has 2 aromatic carbocycles. The van der Waals surface area contributed by atoms with Gasteiger partial charge in [0.2, 0.25) is 0 Å². The van der Waals surface area contributed by atoms with Crippen LogP contribution >= 0.6 is 0 Å².